The van der Waals surface area contributed by atoms with Gasteiger partial charge in [0.05, 0.1) is 13.2 Å². The maximum absolute atomic E-state index is 13.4. The average Bonchev–Trinajstić information content (AvgIpc) is 2.99. The summed E-state index contributed by atoms with van der Waals surface area (Å²) in [7, 11) is 3.05. The van der Waals surface area contributed by atoms with E-state index in [1.165, 1.54) is 12.7 Å². The van der Waals surface area contributed by atoms with Crippen LogP contribution in [0.2, 0.25) is 0 Å². The van der Waals surface area contributed by atoms with E-state index in [1.54, 1.807) is 37.3 Å². The molecular formula is C25H34N2O4. The molecule has 6 heteroatoms. The van der Waals surface area contributed by atoms with Gasteiger partial charge in [-0.05, 0) is 63.8 Å². The highest BCUT2D eigenvalue weighted by molar-refractivity contribution is 6.07. The monoisotopic (exact) mass is 426 g/mol. The molecule has 2 rings (SSSR count). The molecule has 0 aliphatic heterocycles. The van der Waals surface area contributed by atoms with Crippen LogP contribution in [0.25, 0.3) is 0 Å². The zero-order valence-electron chi connectivity index (χ0n) is 19.7. The molecule has 0 saturated carbocycles. The molecule has 2 aromatic rings. The first kappa shape index (κ1) is 24.4. The predicted octanol–water partition coefficient (Wildman–Crippen LogP) is 4.50. The highest BCUT2D eigenvalue weighted by Gasteiger charge is 2.32. The van der Waals surface area contributed by atoms with E-state index in [9.17, 15) is 14.4 Å². The molecule has 1 aromatic heterocycles. The summed E-state index contributed by atoms with van der Waals surface area (Å²) in [5.41, 5.74) is 3.85. The minimum Gasteiger partial charge on any atom is -0.464 e. The third-order valence-electron chi connectivity index (χ3n) is 6.02. The van der Waals surface area contributed by atoms with Crippen molar-refractivity contribution in [2.75, 3.05) is 13.7 Å². The molecule has 1 atom stereocenters. The highest BCUT2D eigenvalue weighted by atomic mass is 16.5. The number of hydrogen-bond donors (Lipinski definition) is 0. The van der Waals surface area contributed by atoms with Gasteiger partial charge in [-0.1, -0.05) is 25.5 Å². The Bertz CT molecular complexity index is 957. The van der Waals surface area contributed by atoms with Gasteiger partial charge >= 0.3 is 5.97 Å². The van der Waals surface area contributed by atoms with Crippen molar-refractivity contribution in [2.45, 2.75) is 59.9 Å². The maximum Gasteiger partial charge on any atom is 0.354 e. The number of hydrogen-bond acceptors (Lipinski definition) is 4. The van der Waals surface area contributed by atoms with Crippen molar-refractivity contribution >= 4 is 17.7 Å². The number of benzene rings is 1. The van der Waals surface area contributed by atoms with Crippen molar-refractivity contribution in [2.24, 2.45) is 7.05 Å². The Morgan fingerprint density at radius 1 is 1.10 bits per heavy atom. The van der Waals surface area contributed by atoms with Gasteiger partial charge in [0.1, 0.15) is 5.69 Å². The molecule has 0 unspecified atom stereocenters. The van der Waals surface area contributed by atoms with Crippen LogP contribution in [-0.2, 0) is 18.2 Å². The minimum atomic E-state index is -0.664. The van der Waals surface area contributed by atoms with Crippen molar-refractivity contribution in [1.82, 2.24) is 9.47 Å². The number of aryl methyl sites for hydroxylation is 1. The molecule has 6 nitrogen and oxygen atoms in total. The van der Waals surface area contributed by atoms with E-state index in [1.807, 2.05) is 31.2 Å². The van der Waals surface area contributed by atoms with Crippen molar-refractivity contribution in [3.05, 3.63) is 57.9 Å². The van der Waals surface area contributed by atoms with Crippen LogP contribution in [0.1, 0.15) is 81.6 Å². The first-order chi connectivity index (χ1) is 14.7. The fourth-order valence-electron chi connectivity index (χ4n) is 4.03. The Morgan fingerprint density at radius 3 is 2.23 bits per heavy atom. The normalized spacial score (nSPS) is 11.8. The molecule has 31 heavy (non-hydrogen) atoms. The Morgan fingerprint density at radius 2 is 1.71 bits per heavy atom. The Hall–Kier alpha value is -2.89. The Labute approximate surface area is 185 Å². The molecule has 0 spiro atoms. The van der Waals surface area contributed by atoms with Gasteiger partial charge in [0.15, 0.2) is 5.78 Å². The third-order valence-corrected chi connectivity index (χ3v) is 6.02. The van der Waals surface area contributed by atoms with Crippen LogP contribution in [0.3, 0.4) is 0 Å². The molecule has 0 radical (unpaired) electrons. The summed E-state index contributed by atoms with van der Waals surface area (Å²) in [6.07, 6.45) is 3.23. The van der Waals surface area contributed by atoms with Gasteiger partial charge in [-0.15, -0.1) is 0 Å². The van der Waals surface area contributed by atoms with Gasteiger partial charge in [0, 0.05) is 30.4 Å². The largest absolute Gasteiger partial charge is 0.464 e. The summed E-state index contributed by atoms with van der Waals surface area (Å²) in [5.74, 6) is -0.846. The number of nitrogens with zero attached hydrogens (tertiary/aromatic N) is 2. The van der Waals surface area contributed by atoms with Crippen molar-refractivity contribution in [3.8, 4) is 0 Å². The van der Waals surface area contributed by atoms with E-state index in [4.69, 9.17) is 4.74 Å². The second-order valence-electron chi connectivity index (χ2n) is 7.92. The number of ketones is 1. The lowest BCUT2D eigenvalue weighted by molar-refractivity contribution is 0.0588. The first-order valence-electron chi connectivity index (χ1n) is 10.9. The van der Waals surface area contributed by atoms with Crippen molar-refractivity contribution in [3.63, 3.8) is 0 Å². The topological polar surface area (TPSA) is 68.6 Å². The molecule has 1 aromatic carbocycles. The van der Waals surface area contributed by atoms with E-state index in [2.05, 4.69) is 6.92 Å². The third kappa shape index (κ3) is 4.89. The van der Waals surface area contributed by atoms with Gasteiger partial charge < -0.3 is 14.2 Å². The van der Waals surface area contributed by atoms with Gasteiger partial charge in [-0.3, -0.25) is 9.59 Å². The molecule has 1 amide bonds. The number of aromatic nitrogens is 1. The van der Waals surface area contributed by atoms with Gasteiger partial charge in [-0.2, -0.15) is 0 Å². The molecule has 0 aliphatic carbocycles. The van der Waals surface area contributed by atoms with Crippen LogP contribution in [-0.4, -0.2) is 46.8 Å². The fraction of sp³-hybridized carbons (Fsp3) is 0.480. The maximum atomic E-state index is 13.4. The van der Waals surface area contributed by atoms with E-state index in [-0.39, 0.29) is 11.7 Å². The summed E-state index contributed by atoms with van der Waals surface area (Å²) in [6.45, 7) is 9.70. The standard InChI is InChI=1S/C25H34N2O4/c1-8-10-11-19-12-14-20(15-13-19)24(29)27(9-2)18(5)23(28)21-16(3)22(25(30)31-7)26(6)17(21)4/h12-15,18H,8-11H2,1-7H3/t18-/m0/s1. The Kier molecular flexibility index (Phi) is 8.20. The summed E-state index contributed by atoms with van der Waals surface area (Å²) >= 11 is 0. The first-order valence-corrected chi connectivity index (χ1v) is 10.9. The smallest absolute Gasteiger partial charge is 0.354 e. The zero-order chi connectivity index (χ0) is 23.3. The number of methoxy groups -OCH3 is 1. The molecule has 0 saturated heterocycles. The van der Waals surface area contributed by atoms with Crippen LogP contribution in [0.5, 0.6) is 0 Å². The van der Waals surface area contributed by atoms with E-state index >= 15 is 0 Å². The van der Waals surface area contributed by atoms with E-state index in [0.29, 0.717) is 34.6 Å². The summed E-state index contributed by atoms with van der Waals surface area (Å²) in [6, 6.07) is 6.97. The number of ether oxygens (including phenoxy) is 1. The van der Waals surface area contributed by atoms with Crippen molar-refractivity contribution < 1.29 is 19.1 Å². The number of Topliss-reactive ketones (excluding diaryl/α,β-unsaturated/α-hetero) is 1. The van der Waals surface area contributed by atoms with Crippen molar-refractivity contribution in [1.29, 1.82) is 0 Å². The van der Waals surface area contributed by atoms with Gasteiger partial charge in [0.2, 0.25) is 0 Å². The van der Waals surface area contributed by atoms with Gasteiger partial charge in [0.25, 0.3) is 5.91 Å². The molecule has 0 aliphatic rings. The fourth-order valence-corrected chi connectivity index (χ4v) is 4.03. The Balaban J connectivity index is 2.32. The van der Waals surface area contributed by atoms with Crippen LogP contribution < -0.4 is 0 Å². The lowest BCUT2D eigenvalue weighted by Crippen LogP contribution is -2.43. The number of esters is 1. The SMILES string of the molecule is CCCCc1ccc(C(=O)N(CC)[C@@H](C)C(=O)c2c(C)c(C(=O)OC)n(C)c2C)cc1. The number of carbonyl (C=O) groups is 3. The molecule has 1 heterocycles. The second-order valence-corrected chi connectivity index (χ2v) is 7.92. The van der Waals surface area contributed by atoms with Gasteiger partial charge in [-0.25, -0.2) is 4.79 Å². The molecule has 168 valence electrons. The zero-order valence-corrected chi connectivity index (χ0v) is 19.7. The highest BCUT2D eigenvalue weighted by Crippen LogP contribution is 2.25. The number of rotatable bonds is 9. The lowest BCUT2D eigenvalue weighted by Gasteiger charge is -2.27. The number of unbranched alkanes of at least 4 members (excludes halogenated alkanes) is 1. The van der Waals surface area contributed by atoms with Crippen LogP contribution in [0.4, 0.5) is 0 Å². The average molecular weight is 427 g/mol. The van der Waals surface area contributed by atoms with Crippen LogP contribution in [0, 0.1) is 13.8 Å². The van der Waals surface area contributed by atoms with E-state index in [0.717, 1.165) is 19.3 Å². The van der Waals surface area contributed by atoms with Crippen LogP contribution in [0.15, 0.2) is 24.3 Å². The summed E-state index contributed by atoms with van der Waals surface area (Å²) in [5, 5.41) is 0. The van der Waals surface area contributed by atoms with E-state index < -0.39 is 12.0 Å². The second kappa shape index (κ2) is 10.4. The molecule has 0 fully saturated rings. The minimum absolute atomic E-state index is 0.176. The molecule has 0 bridgehead atoms. The molecular weight excluding hydrogens is 392 g/mol. The number of carbonyl (C=O) groups excluding carboxylic acids is 3. The van der Waals surface area contributed by atoms with Crippen LogP contribution >= 0.6 is 0 Å². The summed E-state index contributed by atoms with van der Waals surface area (Å²) < 4.78 is 6.54. The molecule has 0 N–H and O–H groups in total. The number of likely N-dealkylation sites (N-methyl/N-ethyl adjacent to an activating group) is 1. The summed E-state index contributed by atoms with van der Waals surface area (Å²) in [4.78, 5) is 40.3. The predicted molar refractivity (Wildman–Crippen MR) is 122 cm³/mol. The number of amides is 1. The lowest BCUT2D eigenvalue weighted by atomic mass is 9.99. The quantitative estimate of drug-likeness (QED) is 0.437.